The van der Waals surface area contributed by atoms with Gasteiger partial charge in [0.05, 0.1) is 29.1 Å². The Hall–Kier alpha value is -1.40. The SMILES string of the molecule is CC(C)CCn1c(CN(C)C2CCS(=O)(=O)CC2)nc2ccccc21. The first kappa shape index (κ1) is 18.4. The first-order valence-electron chi connectivity index (χ1n) is 9.20. The molecule has 0 amide bonds. The first-order valence-corrected chi connectivity index (χ1v) is 11.0. The summed E-state index contributed by atoms with van der Waals surface area (Å²) in [6.07, 6.45) is 2.58. The van der Waals surface area contributed by atoms with Gasteiger partial charge >= 0.3 is 0 Å². The van der Waals surface area contributed by atoms with Crippen molar-refractivity contribution in [2.45, 2.75) is 52.2 Å². The summed E-state index contributed by atoms with van der Waals surface area (Å²) in [7, 11) is -0.724. The fourth-order valence-electron chi connectivity index (χ4n) is 3.55. The lowest BCUT2D eigenvalue weighted by molar-refractivity contribution is 0.211. The lowest BCUT2D eigenvalue weighted by Gasteiger charge is -2.31. The second-order valence-electron chi connectivity index (χ2n) is 7.65. The number of sulfone groups is 1. The number of benzene rings is 1. The van der Waals surface area contributed by atoms with Crippen LogP contribution < -0.4 is 0 Å². The number of para-hydroxylation sites is 2. The van der Waals surface area contributed by atoms with E-state index in [9.17, 15) is 8.42 Å². The van der Waals surface area contributed by atoms with E-state index in [1.54, 1.807) is 0 Å². The van der Waals surface area contributed by atoms with Gasteiger partial charge in [0.25, 0.3) is 0 Å². The predicted molar refractivity (Wildman–Crippen MR) is 102 cm³/mol. The highest BCUT2D eigenvalue weighted by atomic mass is 32.2. The van der Waals surface area contributed by atoms with Gasteiger partial charge in [-0.15, -0.1) is 0 Å². The number of fused-ring (bicyclic) bond motifs is 1. The normalized spacial score (nSPS) is 18.4. The van der Waals surface area contributed by atoms with Crippen molar-refractivity contribution < 1.29 is 8.42 Å². The maximum absolute atomic E-state index is 11.7. The molecule has 2 heterocycles. The molecule has 0 N–H and O–H groups in total. The summed E-state index contributed by atoms with van der Waals surface area (Å²) in [6, 6.07) is 8.62. The van der Waals surface area contributed by atoms with E-state index in [1.165, 1.54) is 5.52 Å². The van der Waals surface area contributed by atoms with Gasteiger partial charge in [-0.3, -0.25) is 4.90 Å². The zero-order valence-corrected chi connectivity index (χ0v) is 16.3. The average Bonchev–Trinajstić information content (AvgIpc) is 2.89. The van der Waals surface area contributed by atoms with Gasteiger partial charge in [-0.2, -0.15) is 0 Å². The second-order valence-corrected chi connectivity index (χ2v) is 9.95. The molecule has 5 nitrogen and oxygen atoms in total. The van der Waals surface area contributed by atoms with Crippen molar-refractivity contribution in [2.75, 3.05) is 18.6 Å². The zero-order chi connectivity index (χ0) is 18.0. The van der Waals surface area contributed by atoms with Crippen LogP contribution in [0.2, 0.25) is 0 Å². The summed E-state index contributed by atoms with van der Waals surface area (Å²) in [5.41, 5.74) is 2.23. The van der Waals surface area contributed by atoms with E-state index in [1.807, 2.05) is 6.07 Å². The monoisotopic (exact) mass is 363 g/mol. The zero-order valence-electron chi connectivity index (χ0n) is 15.5. The highest BCUT2D eigenvalue weighted by Crippen LogP contribution is 2.22. The van der Waals surface area contributed by atoms with Crippen LogP contribution in [0.5, 0.6) is 0 Å². The van der Waals surface area contributed by atoms with Crippen LogP contribution in [0, 0.1) is 5.92 Å². The number of imidazole rings is 1. The Bertz CT molecular complexity index is 812. The maximum atomic E-state index is 11.7. The van der Waals surface area contributed by atoms with Crippen molar-refractivity contribution in [3.8, 4) is 0 Å². The van der Waals surface area contributed by atoms with E-state index < -0.39 is 9.84 Å². The van der Waals surface area contributed by atoms with Gasteiger partial charge in [0, 0.05) is 12.6 Å². The second kappa shape index (κ2) is 7.46. The molecule has 25 heavy (non-hydrogen) atoms. The van der Waals surface area contributed by atoms with Crippen molar-refractivity contribution in [3.63, 3.8) is 0 Å². The van der Waals surface area contributed by atoms with E-state index >= 15 is 0 Å². The molecule has 0 spiro atoms. The number of aromatic nitrogens is 2. The van der Waals surface area contributed by atoms with Crippen molar-refractivity contribution in [1.82, 2.24) is 14.5 Å². The number of aryl methyl sites for hydroxylation is 1. The molecule has 1 aromatic heterocycles. The fraction of sp³-hybridized carbons (Fsp3) is 0.632. The Labute approximate surface area is 151 Å². The van der Waals surface area contributed by atoms with Crippen molar-refractivity contribution in [3.05, 3.63) is 30.1 Å². The van der Waals surface area contributed by atoms with Gasteiger partial charge in [-0.05, 0) is 44.4 Å². The van der Waals surface area contributed by atoms with Gasteiger partial charge in [0.15, 0.2) is 0 Å². The Morgan fingerprint density at radius 1 is 1.24 bits per heavy atom. The molecule has 1 fully saturated rings. The molecular formula is C19H29N3O2S. The number of hydrogen-bond acceptors (Lipinski definition) is 4. The van der Waals surface area contributed by atoms with Crippen LogP contribution in [0.4, 0.5) is 0 Å². The molecule has 1 saturated heterocycles. The van der Waals surface area contributed by atoms with Gasteiger partial charge < -0.3 is 4.57 Å². The summed E-state index contributed by atoms with van der Waals surface area (Å²) in [5.74, 6) is 2.35. The Morgan fingerprint density at radius 3 is 2.60 bits per heavy atom. The molecular weight excluding hydrogens is 334 g/mol. The maximum Gasteiger partial charge on any atom is 0.150 e. The molecule has 138 valence electrons. The van der Waals surface area contributed by atoms with Crippen molar-refractivity contribution in [1.29, 1.82) is 0 Å². The smallest absolute Gasteiger partial charge is 0.150 e. The molecule has 1 aliphatic heterocycles. The molecule has 1 aliphatic rings. The number of hydrogen-bond donors (Lipinski definition) is 0. The van der Waals surface area contributed by atoms with Crippen LogP contribution in [-0.2, 0) is 22.9 Å². The van der Waals surface area contributed by atoms with Crippen LogP contribution in [0.25, 0.3) is 11.0 Å². The van der Waals surface area contributed by atoms with E-state index in [4.69, 9.17) is 4.98 Å². The molecule has 3 rings (SSSR count). The summed E-state index contributed by atoms with van der Waals surface area (Å²) in [5, 5.41) is 0. The molecule has 0 bridgehead atoms. The lowest BCUT2D eigenvalue weighted by atomic mass is 10.1. The van der Waals surface area contributed by atoms with Crippen LogP contribution in [-0.4, -0.2) is 47.5 Å². The van der Waals surface area contributed by atoms with Gasteiger partial charge in [0.1, 0.15) is 15.7 Å². The highest BCUT2D eigenvalue weighted by molar-refractivity contribution is 7.91. The summed E-state index contributed by atoms with van der Waals surface area (Å²) in [6.45, 7) is 6.22. The van der Waals surface area contributed by atoms with Crippen LogP contribution in [0.3, 0.4) is 0 Å². The molecule has 1 aromatic carbocycles. The van der Waals surface area contributed by atoms with Gasteiger partial charge in [-0.1, -0.05) is 26.0 Å². The molecule has 2 aromatic rings. The summed E-state index contributed by atoms with van der Waals surface area (Å²) in [4.78, 5) is 7.14. The third kappa shape index (κ3) is 4.42. The Balaban J connectivity index is 1.79. The van der Waals surface area contributed by atoms with E-state index in [0.29, 0.717) is 23.5 Å². The summed E-state index contributed by atoms with van der Waals surface area (Å²) < 4.78 is 25.7. The standard InChI is InChI=1S/C19H29N3O2S/c1-15(2)8-11-22-18-7-5-4-6-17(18)20-19(22)14-21(3)16-9-12-25(23,24)13-10-16/h4-7,15-16H,8-14H2,1-3H3. The van der Waals surface area contributed by atoms with E-state index in [0.717, 1.165) is 43.7 Å². The molecule has 0 aliphatic carbocycles. The minimum Gasteiger partial charge on any atom is -0.327 e. The topological polar surface area (TPSA) is 55.2 Å². The van der Waals surface area contributed by atoms with Crippen LogP contribution >= 0.6 is 0 Å². The Kier molecular flexibility index (Phi) is 5.49. The minimum atomic E-state index is -2.82. The minimum absolute atomic E-state index is 0.311. The van der Waals surface area contributed by atoms with Crippen molar-refractivity contribution >= 4 is 20.9 Å². The molecule has 0 atom stereocenters. The molecule has 0 saturated carbocycles. The van der Waals surface area contributed by atoms with Crippen LogP contribution in [0.1, 0.15) is 38.9 Å². The quantitative estimate of drug-likeness (QED) is 0.791. The van der Waals surface area contributed by atoms with Gasteiger partial charge in [0.2, 0.25) is 0 Å². The largest absolute Gasteiger partial charge is 0.327 e. The van der Waals surface area contributed by atoms with Crippen LogP contribution in [0.15, 0.2) is 24.3 Å². The number of rotatable bonds is 6. The molecule has 0 radical (unpaired) electrons. The Morgan fingerprint density at radius 2 is 1.92 bits per heavy atom. The third-order valence-corrected chi connectivity index (χ3v) is 6.92. The van der Waals surface area contributed by atoms with Crippen molar-refractivity contribution in [2.24, 2.45) is 5.92 Å². The third-order valence-electron chi connectivity index (χ3n) is 5.20. The highest BCUT2D eigenvalue weighted by Gasteiger charge is 2.27. The summed E-state index contributed by atoms with van der Waals surface area (Å²) >= 11 is 0. The molecule has 0 unspecified atom stereocenters. The van der Waals surface area contributed by atoms with E-state index in [2.05, 4.69) is 48.6 Å². The van der Waals surface area contributed by atoms with E-state index in [-0.39, 0.29) is 0 Å². The number of nitrogens with zero attached hydrogens (tertiary/aromatic N) is 3. The molecule has 6 heteroatoms. The van der Waals surface area contributed by atoms with Gasteiger partial charge in [-0.25, -0.2) is 13.4 Å². The lowest BCUT2D eigenvalue weighted by Crippen LogP contribution is -2.39. The fourth-order valence-corrected chi connectivity index (χ4v) is 5.02. The predicted octanol–water partition coefficient (Wildman–Crippen LogP) is 3.09. The first-order chi connectivity index (χ1) is 11.9. The average molecular weight is 364 g/mol.